The molecule has 0 aliphatic rings. The van der Waals surface area contributed by atoms with Gasteiger partial charge >= 0.3 is 0 Å². The first-order chi connectivity index (χ1) is 14.1. The number of hydrogen-bond acceptors (Lipinski definition) is 5. The molecule has 0 bridgehead atoms. The van der Waals surface area contributed by atoms with Crippen LogP contribution in [0.1, 0.15) is 103 Å². The van der Waals surface area contributed by atoms with E-state index in [0.717, 1.165) is 25.7 Å². The molecule has 0 amide bonds. The Labute approximate surface area is 199 Å². The monoisotopic (exact) mass is 486 g/mol. The van der Waals surface area contributed by atoms with Crippen LogP contribution in [0.3, 0.4) is 0 Å². The lowest BCUT2D eigenvalue weighted by atomic mass is 10.0. The zero-order valence-corrected chi connectivity index (χ0v) is 22.5. The zero-order valence-electron chi connectivity index (χ0n) is 20.8. The molecule has 0 aliphatic carbocycles. The lowest BCUT2D eigenvalue weighted by molar-refractivity contribution is -0.870. The number of quaternary nitrogens is 1. The molecule has 6 nitrogen and oxygen atoms in total. The van der Waals surface area contributed by atoms with Crippen molar-refractivity contribution in [3.05, 3.63) is 0 Å². The highest BCUT2D eigenvalue weighted by atomic mass is 35.5. The minimum Gasteiger partial charge on any atom is -0.756 e. The Morgan fingerprint density at radius 1 is 0.742 bits per heavy atom. The van der Waals surface area contributed by atoms with Crippen molar-refractivity contribution in [2.24, 2.45) is 5.73 Å². The molecule has 0 spiro atoms. The molecule has 0 aliphatic heterocycles. The molecule has 0 rings (SSSR count). The number of unbranched alkanes of at least 4 members (excludes halogenated alkanes) is 13. The predicted octanol–water partition coefficient (Wildman–Crippen LogP) is 5.81. The Balaban J connectivity index is 0. The van der Waals surface area contributed by atoms with Crippen LogP contribution in [0.2, 0.25) is 0 Å². The number of nitrogens with two attached hydrogens (primary N) is 1. The molecule has 0 radical (unpaired) electrons. The van der Waals surface area contributed by atoms with E-state index in [0.29, 0.717) is 17.1 Å². The summed E-state index contributed by atoms with van der Waals surface area (Å²) in [5.74, 6) is 0. The topological polar surface area (TPSA) is 84.6 Å². The average molecular weight is 487 g/mol. The number of hydrogen-bond donors (Lipinski definition) is 1. The summed E-state index contributed by atoms with van der Waals surface area (Å²) in [6, 6.07) is 0.359. The summed E-state index contributed by atoms with van der Waals surface area (Å²) in [5.41, 5.74) is 5.76. The van der Waals surface area contributed by atoms with E-state index in [1.807, 2.05) is 21.1 Å². The Hall–Kier alpha value is 0.320. The fraction of sp³-hybridized carbons (Fsp3) is 1.00. The highest BCUT2D eigenvalue weighted by Gasteiger charge is 2.12. The Morgan fingerprint density at radius 3 is 1.48 bits per heavy atom. The van der Waals surface area contributed by atoms with Crippen LogP contribution in [0.25, 0.3) is 0 Å². The van der Waals surface area contributed by atoms with Crippen molar-refractivity contribution in [3.8, 4) is 0 Å². The molecule has 0 aromatic heterocycles. The van der Waals surface area contributed by atoms with Gasteiger partial charge in [0.15, 0.2) is 0 Å². The van der Waals surface area contributed by atoms with Gasteiger partial charge in [-0.25, -0.2) is 0 Å². The number of nitrogens with zero attached hydrogens (tertiary/aromatic N) is 1. The highest BCUT2D eigenvalue weighted by Crippen LogP contribution is 2.38. The van der Waals surface area contributed by atoms with E-state index in [1.165, 1.54) is 70.6 Å². The van der Waals surface area contributed by atoms with E-state index < -0.39 is 7.82 Å². The highest BCUT2D eigenvalue weighted by molar-refractivity contribution is 7.45. The first-order valence-electron chi connectivity index (χ1n) is 12.3. The smallest absolute Gasteiger partial charge is 0.268 e. The van der Waals surface area contributed by atoms with Crippen LogP contribution in [0.5, 0.6) is 0 Å². The normalized spacial score (nSPS) is 14.8. The van der Waals surface area contributed by atoms with Crippen molar-refractivity contribution < 1.29 is 23.0 Å². The molecule has 0 fully saturated rings. The van der Waals surface area contributed by atoms with Crippen molar-refractivity contribution >= 4 is 20.2 Å². The molecule has 2 atom stereocenters. The summed E-state index contributed by atoms with van der Waals surface area (Å²) in [5, 5.41) is 0. The molecule has 8 heteroatoms. The molecule has 0 heterocycles. The van der Waals surface area contributed by atoms with Gasteiger partial charge in [-0.3, -0.25) is 4.57 Å². The second-order valence-corrected chi connectivity index (χ2v) is 11.3. The van der Waals surface area contributed by atoms with Gasteiger partial charge in [0.2, 0.25) is 0 Å². The molecule has 2 unspecified atom stereocenters. The third-order valence-corrected chi connectivity index (χ3v) is 6.31. The Kier molecular flexibility index (Phi) is 22.6. The van der Waals surface area contributed by atoms with Gasteiger partial charge in [-0.1, -0.05) is 83.5 Å². The van der Waals surface area contributed by atoms with Crippen LogP contribution < -0.4 is 10.6 Å². The molecule has 0 saturated carbocycles. The summed E-state index contributed by atoms with van der Waals surface area (Å²) >= 11 is 0. The number of phosphoric ester groups is 1. The van der Waals surface area contributed by atoms with Crippen LogP contribution in [-0.4, -0.2) is 51.4 Å². The maximum Gasteiger partial charge on any atom is 0.268 e. The number of rotatable bonds is 22. The molecule has 190 valence electrons. The standard InChI is InChI=1S/C23H51N2O4P.ClH/c1-23(24)19-17-15-13-11-9-7-5-6-8-10-12-14-16-18-21-28-30(26,27)29-22-20-25(2,3)4;/h23H,5-22,24H2,1-4H3;1H. The van der Waals surface area contributed by atoms with Crippen molar-refractivity contribution in [2.75, 3.05) is 40.9 Å². The van der Waals surface area contributed by atoms with Crippen LogP contribution in [0.15, 0.2) is 0 Å². The first-order valence-corrected chi connectivity index (χ1v) is 13.7. The minimum atomic E-state index is -4.14. The van der Waals surface area contributed by atoms with Gasteiger partial charge in [-0.2, -0.15) is 0 Å². The maximum absolute atomic E-state index is 11.7. The second kappa shape index (κ2) is 20.9. The molecular weight excluding hydrogens is 435 g/mol. The van der Waals surface area contributed by atoms with E-state index in [-0.39, 0.29) is 25.6 Å². The summed E-state index contributed by atoms with van der Waals surface area (Å²) in [7, 11) is 1.84. The second-order valence-electron chi connectivity index (χ2n) is 9.84. The third-order valence-electron chi connectivity index (χ3n) is 5.31. The Bertz CT molecular complexity index is 434. The summed E-state index contributed by atoms with van der Waals surface area (Å²) in [6.07, 6.45) is 18.7. The molecule has 2 N–H and O–H groups in total. The average Bonchev–Trinajstić information content (AvgIpc) is 2.62. The summed E-state index contributed by atoms with van der Waals surface area (Å²) in [4.78, 5) is 11.7. The largest absolute Gasteiger partial charge is 0.756 e. The van der Waals surface area contributed by atoms with Crippen LogP contribution in [0, 0.1) is 0 Å². The van der Waals surface area contributed by atoms with Gasteiger partial charge in [-0.15, -0.1) is 12.4 Å². The van der Waals surface area contributed by atoms with Gasteiger partial charge in [0.1, 0.15) is 13.2 Å². The van der Waals surface area contributed by atoms with Gasteiger partial charge < -0.3 is 24.2 Å². The SMILES string of the molecule is CC(N)CCCCCCCCCCCCCCCCOP(=O)([O-])OCC[N+](C)(C)C.Cl. The van der Waals surface area contributed by atoms with Gasteiger partial charge in [0.25, 0.3) is 7.82 Å². The van der Waals surface area contributed by atoms with Gasteiger partial charge in [0.05, 0.1) is 27.7 Å². The van der Waals surface area contributed by atoms with Crippen molar-refractivity contribution in [1.82, 2.24) is 0 Å². The van der Waals surface area contributed by atoms with Crippen LogP contribution >= 0.6 is 20.2 Å². The molecule has 31 heavy (non-hydrogen) atoms. The molecular formula is C23H52ClN2O4P. The molecule has 0 aromatic carbocycles. The summed E-state index contributed by atoms with van der Waals surface area (Å²) < 4.78 is 22.2. The van der Waals surface area contributed by atoms with Crippen molar-refractivity contribution in [1.29, 1.82) is 0 Å². The van der Waals surface area contributed by atoms with E-state index >= 15 is 0 Å². The van der Waals surface area contributed by atoms with Crippen LogP contribution in [-0.2, 0) is 13.6 Å². The van der Waals surface area contributed by atoms with E-state index in [9.17, 15) is 9.46 Å². The predicted molar refractivity (Wildman–Crippen MR) is 133 cm³/mol. The number of halogens is 1. The van der Waals surface area contributed by atoms with Crippen LogP contribution in [0.4, 0.5) is 0 Å². The summed E-state index contributed by atoms with van der Waals surface area (Å²) in [6.45, 7) is 3.12. The quantitative estimate of drug-likeness (QED) is 0.118. The lowest BCUT2D eigenvalue weighted by Gasteiger charge is -2.27. The minimum absolute atomic E-state index is 0. The van der Waals surface area contributed by atoms with Crippen molar-refractivity contribution in [3.63, 3.8) is 0 Å². The van der Waals surface area contributed by atoms with E-state index in [2.05, 4.69) is 6.92 Å². The molecule has 0 aromatic rings. The number of phosphoric acid groups is 1. The van der Waals surface area contributed by atoms with E-state index in [1.54, 1.807) is 0 Å². The van der Waals surface area contributed by atoms with Gasteiger partial charge in [-0.05, 0) is 19.8 Å². The zero-order chi connectivity index (χ0) is 22.7. The first kappa shape index (κ1) is 33.5. The fourth-order valence-electron chi connectivity index (χ4n) is 3.33. The maximum atomic E-state index is 11.7. The van der Waals surface area contributed by atoms with E-state index in [4.69, 9.17) is 14.8 Å². The fourth-order valence-corrected chi connectivity index (χ4v) is 4.06. The Morgan fingerprint density at radius 2 is 1.10 bits per heavy atom. The van der Waals surface area contributed by atoms with Gasteiger partial charge in [0, 0.05) is 6.04 Å². The van der Waals surface area contributed by atoms with Crippen molar-refractivity contribution in [2.45, 2.75) is 109 Å². The third kappa shape index (κ3) is 28.3. The molecule has 0 saturated heterocycles. The lowest BCUT2D eigenvalue weighted by Crippen LogP contribution is -2.37. The number of likely N-dealkylation sites (N-methyl/N-ethyl adjacent to an activating group) is 1.